The molecule has 1 aliphatic heterocycles. The maximum atomic E-state index is 3.47. The van der Waals surface area contributed by atoms with Crippen LogP contribution in [0.1, 0.15) is 45.4 Å². The van der Waals surface area contributed by atoms with Gasteiger partial charge < -0.3 is 5.32 Å². The Morgan fingerprint density at radius 1 is 1.08 bits per heavy atom. The van der Waals surface area contributed by atoms with E-state index in [-0.39, 0.29) is 0 Å². The van der Waals surface area contributed by atoms with Crippen LogP contribution in [-0.2, 0) is 0 Å². The van der Waals surface area contributed by atoms with Gasteiger partial charge in [0.2, 0.25) is 0 Å². The molecule has 76 valence electrons. The number of rotatable bonds is 3. The first-order chi connectivity index (χ1) is 6.42. The maximum Gasteiger partial charge on any atom is -0.00462 e. The summed E-state index contributed by atoms with van der Waals surface area (Å²) in [6, 6.07) is 0. The Hall–Kier alpha value is -0.0400. The van der Waals surface area contributed by atoms with Crippen molar-refractivity contribution >= 4 is 0 Å². The Balaban J connectivity index is 1.86. The molecule has 2 fully saturated rings. The molecule has 0 radical (unpaired) electrons. The van der Waals surface area contributed by atoms with Gasteiger partial charge in [-0.2, -0.15) is 0 Å². The van der Waals surface area contributed by atoms with Crippen molar-refractivity contribution in [3.8, 4) is 0 Å². The predicted molar refractivity (Wildman–Crippen MR) is 56.7 cm³/mol. The van der Waals surface area contributed by atoms with Gasteiger partial charge in [-0.1, -0.05) is 32.6 Å². The molecule has 13 heavy (non-hydrogen) atoms. The zero-order valence-electron chi connectivity index (χ0n) is 8.89. The molecule has 1 unspecified atom stereocenters. The van der Waals surface area contributed by atoms with Crippen LogP contribution in [0.15, 0.2) is 0 Å². The number of hydrogen-bond donors (Lipinski definition) is 1. The van der Waals surface area contributed by atoms with E-state index in [2.05, 4.69) is 12.2 Å². The molecular weight excluding hydrogens is 158 g/mol. The van der Waals surface area contributed by atoms with E-state index in [0.717, 1.165) is 17.8 Å². The van der Waals surface area contributed by atoms with Gasteiger partial charge in [0.25, 0.3) is 0 Å². The third-order valence-corrected chi connectivity index (χ3v) is 4.22. The fourth-order valence-corrected chi connectivity index (χ4v) is 3.19. The van der Waals surface area contributed by atoms with Crippen LogP contribution in [0, 0.1) is 17.8 Å². The van der Waals surface area contributed by atoms with Crippen LogP contribution >= 0.6 is 0 Å². The van der Waals surface area contributed by atoms with E-state index in [0.29, 0.717) is 0 Å². The van der Waals surface area contributed by atoms with E-state index in [9.17, 15) is 0 Å². The second-order valence-corrected chi connectivity index (χ2v) is 4.85. The van der Waals surface area contributed by atoms with Crippen molar-refractivity contribution in [2.75, 3.05) is 13.1 Å². The predicted octanol–water partition coefficient (Wildman–Crippen LogP) is 2.81. The van der Waals surface area contributed by atoms with Gasteiger partial charge in [0, 0.05) is 0 Å². The normalized spacial score (nSPS) is 28.4. The number of nitrogens with one attached hydrogen (secondary N) is 1. The molecule has 1 atom stereocenters. The Morgan fingerprint density at radius 3 is 2.15 bits per heavy atom. The minimum Gasteiger partial charge on any atom is -0.317 e. The molecular formula is C12H23N. The van der Waals surface area contributed by atoms with Crippen molar-refractivity contribution in [2.45, 2.75) is 45.4 Å². The van der Waals surface area contributed by atoms with Gasteiger partial charge in [-0.25, -0.2) is 0 Å². The Kier molecular flexibility index (Phi) is 3.26. The summed E-state index contributed by atoms with van der Waals surface area (Å²) in [4.78, 5) is 0. The van der Waals surface area contributed by atoms with Gasteiger partial charge >= 0.3 is 0 Å². The summed E-state index contributed by atoms with van der Waals surface area (Å²) >= 11 is 0. The molecule has 0 aromatic heterocycles. The van der Waals surface area contributed by atoms with E-state index in [1.54, 1.807) is 0 Å². The zero-order valence-corrected chi connectivity index (χ0v) is 8.89. The van der Waals surface area contributed by atoms with Crippen LogP contribution in [0.2, 0.25) is 0 Å². The first-order valence-corrected chi connectivity index (χ1v) is 6.12. The maximum absolute atomic E-state index is 3.47. The first-order valence-electron chi connectivity index (χ1n) is 6.12. The Bertz CT molecular complexity index is 145. The second-order valence-electron chi connectivity index (χ2n) is 4.85. The molecule has 0 spiro atoms. The quantitative estimate of drug-likeness (QED) is 0.706. The summed E-state index contributed by atoms with van der Waals surface area (Å²) in [7, 11) is 0. The molecule has 1 heteroatoms. The zero-order chi connectivity index (χ0) is 9.10. The van der Waals surface area contributed by atoms with Crippen molar-refractivity contribution in [3.63, 3.8) is 0 Å². The molecule has 1 aliphatic carbocycles. The minimum absolute atomic E-state index is 1.05. The first kappa shape index (κ1) is 9.51. The van der Waals surface area contributed by atoms with Crippen molar-refractivity contribution in [3.05, 3.63) is 0 Å². The second kappa shape index (κ2) is 4.45. The summed E-state index contributed by atoms with van der Waals surface area (Å²) in [6.45, 7) is 4.94. The van der Waals surface area contributed by atoms with Crippen LogP contribution in [-0.4, -0.2) is 13.1 Å². The molecule has 0 aromatic carbocycles. The fraction of sp³-hybridized carbons (Fsp3) is 1.00. The smallest absolute Gasteiger partial charge is 0.00462 e. The largest absolute Gasteiger partial charge is 0.317 e. The lowest BCUT2D eigenvalue weighted by molar-refractivity contribution is 0.117. The molecule has 0 bridgehead atoms. The van der Waals surface area contributed by atoms with Crippen molar-refractivity contribution in [1.29, 1.82) is 0 Å². The van der Waals surface area contributed by atoms with Crippen molar-refractivity contribution in [1.82, 2.24) is 5.32 Å². The lowest BCUT2D eigenvalue weighted by atomic mass is 9.67. The van der Waals surface area contributed by atoms with Gasteiger partial charge in [-0.05, 0) is 43.7 Å². The summed E-state index contributed by atoms with van der Waals surface area (Å²) in [5, 5.41) is 3.47. The van der Waals surface area contributed by atoms with Crippen LogP contribution in [0.4, 0.5) is 0 Å². The van der Waals surface area contributed by atoms with Gasteiger partial charge in [0.05, 0.1) is 0 Å². The third kappa shape index (κ3) is 2.07. The molecule has 1 heterocycles. The molecule has 1 saturated heterocycles. The highest BCUT2D eigenvalue weighted by Crippen LogP contribution is 2.41. The molecule has 0 aromatic rings. The third-order valence-electron chi connectivity index (χ3n) is 4.22. The molecule has 1 nitrogen and oxygen atoms in total. The summed E-state index contributed by atoms with van der Waals surface area (Å²) < 4.78 is 0. The topological polar surface area (TPSA) is 12.0 Å². The SMILES string of the molecule is CCC(C1CCC1)C1CCNCC1. The van der Waals surface area contributed by atoms with E-state index in [1.165, 1.54) is 51.6 Å². The average Bonchev–Trinajstić information content (AvgIpc) is 2.12. The molecule has 1 N–H and O–H groups in total. The van der Waals surface area contributed by atoms with Gasteiger partial charge in [0.15, 0.2) is 0 Å². The molecule has 0 amide bonds. The average molecular weight is 181 g/mol. The lowest BCUT2D eigenvalue weighted by Gasteiger charge is -2.40. The molecule has 2 aliphatic rings. The van der Waals surface area contributed by atoms with Crippen LogP contribution in [0.3, 0.4) is 0 Å². The van der Waals surface area contributed by atoms with E-state index in [4.69, 9.17) is 0 Å². The highest BCUT2D eigenvalue weighted by atomic mass is 14.9. The number of hydrogen-bond acceptors (Lipinski definition) is 1. The van der Waals surface area contributed by atoms with E-state index >= 15 is 0 Å². The molecule has 1 saturated carbocycles. The van der Waals surface area contributed by atoms with Crippen LogP contribution in [0.25, 0.3) is 0 Å². The van der Waals surface area contributed by atoms with E-state index < -0.39 is 0 Å². The highest BCUT2D eigenvalue weighted by molar-refractivity contribution is 4.84. The Labute approximate surface area is 82.3 Å². The molecule has 2 rings (SSSR count). The van der Waals surface area contributed by atoms with Crippen molar-refractivity contribution in [2.24, 2.45) is 17.8 Å². The van der Waals surface area contributed by atoms with Gasteiger partial charge in [-0.15, -0.1) is 0 Å². The van der Waals surface area contributed by atoms with Gasteiger partial charge in [-0.3, -0.25) is 0 Å². The summed E-state index contributed by atoms with van der Waals surface area (Å²) in [6.07, 6.45) is 8.87. The van der Waals surface area contributed by atoms with Crippen LogP contribution < -0.4 is 5.32 Å². The van der Waals surface area contributed by atoms with Crippen LogP contribution in [0.5, 0.6) is 0 Å². The highest BCUT2D eigenvalue weighted by Gasteiger charge is 2.32. The monoisotopic (exact) mass is 181 g/mol. The fourth-order valence-electron chi connectivity index (χ4n) is 3.19. The van der Waals surface area contributed by atoms with E-state index in [1.807, 2.05) is 0 Å². The summed E-state index contributed by atoms with van der Waals surface area (Å²) in [5.74, 6) is 3.22. The number of piperidine rings is 1. The van der Waals surface area contributed by atoms with Crippen molar-refractivity contribution < 1.29 is 0 Å². The minimum atomic E-state index is 1.05. The van der Waals surface area contributed by atoms with Gasteiger partial charge in [0.1, 0.15) is 0 Å². The summed E-state index contributed by atoms with van der Waals surface area (Å²) in [5.41, 5.74) is 0. The Morgan fingerprint density at radius 2 is 1.69 bits per heavy atom. The lowest BCUT2D eigenvalue weighted by Crippen LogP contribution is -2.36. The standard InChI is InChI=1S/C12H23N/c1-2-12(10-4-3-5-10)11-6-8-13-9-7-11/h10-13H,2-9H2,1H3.